The molecule has 7 nitrogen and oxygen atoms in total. The summed E-state index contributed by atoms with van der Waals surface area (Å²) in [5.74, 6) is 0.0854. The quantitative estimate of drug-likeness (QED) is 0.679. The number of alkyl halides is 1. The summed E-state index contributed by atoms with van der Waals surface area (Å²) in [5.41, 5.74) is 0.669. The van der Waals surface area contributed by atoms with Crippen LogP contribution in [0.4, 0.5) is 4.39 Å². The number of halogens is 1. The zero-order valence-electron chi connectivity index (χ0n) is 16.2. The van der Waals surface area contributed by atoms with Gasteiger partial charge in [-0.15, -0.1) is 5.10 Å². The molecule has 4 atom stereocenters. The molecule has 0 unspecified atom stereocenters. The fourth-order valence-corrected chi connectivity index (χ4v) is 5.32. The lowest BCUT2D eigenvalue weighted by atomic mass is 9.85. The Labute approximate surface area is 171 Å². The van der Waals surface area contributed by atoms with E-state index < -0.39 is 17.8 Å². The summed E-state index contributed by atoms with van der Waals surface area (Å²) in [7, 11) is 0. The van der Waals surface area contributed by atoms with Crippen LogP contribution in [0, 0.1) is 0 Å². The molecule has 2 aliphatic rings. The van der Waals surface area contributed by atoms with Crippen LogP contribution in [-0.4, -0.2) is 48.2 Å². The molecule has 0 amide bonds. The largest absolute Gasteiger partial charge is 0.507 e. The molecule has 2 fully saturated rings. The number of nitrogens with one attached hydrogen (secondary N) is 1. The van der Waals surface area contributed by atoms with Crippen molar-refractivity contribution in [2.75, 3.05) is 0 Å². The van der Waals surface area contributed by atoms with Gasteiger partial charge in [0.15, 0.2) is 11.2 Å². The van der Waals surface area contributed by atoms with Crippen LogP contribution in [0.15, 0.2) is 36.9 Å². The fraction of sp³-hybridized carbons (Fsp3) is 0.450. The van der Waals surface area contributed by atoms with Crippen molar-refractivity contribution in [3.05, 3.63) is 36.9 Å². The number of benzene rings is 1. The van der Waals surface area contributed by atoms with E-state index in [0.717, 1.165) is 18.5 Å². The average Bonchev–Trinajstić information content (AvgIpc) is 3.41. The summed E-state index contributed by atoms with van der Waals surface area (Å²) in [4.78, 5) is 4.01. The number of rotatable bonds is 4. The van der Waals surface area contributed by atoms with E-state index in [-0.39, 0.29) is 11.3 Å². The maximum atomic E-state index is 15.1. The van der Waals surface area contributed by atoms with Gasteiger partial charge < -0.3 is 19.7 Å². The smallest absolute Gasteiger partial charge is 0.294 e. The van der Waals surface area contributed by atoms with Crippen LogP contribution >= 0.6 is 11.3 Å². The van der Waals surface area contributed by atoms with E-state index in [1.54, 1.807) is 35.4 Å². The summed E-state index contributed by atoms with van der Waals surface area (Å²) < 4.78 is 22.8. The number of aromatic nitrogens is 4. The molecular weight excluding hydrogens is 393 g/mol. The van der Waals surface area contributed by atoms with E-state index in [4.69, 9.17) is 4.74 Å². The molecule has 1 aromatic carbocycles. The summed E-state index contributed by atoms with van der Waals surface area (Å²) in [5, 5.41) is 23.0. The van der Waals surface area contributed by atoms with E-state index in [1.165, 1.54) is 11.3 Å². The number of phenols is 1. The number of piperidine rings is 1. The van der Waals surface area contributed by atoms with Crippen LogP contribution in [0.2, 0.25) is 0 Å². The SMILES string of the molecule is C[C@@]12CC[C@@](C)(N1)[C@@H](F)[C@@H](Oc1nnc(-c3ccc(-n4ccnc4)cc3O)s1)C2. The third-order valence-corrected chi connectivity index (χ3v) is 6.89. The lowest BCUT2D eigenvalue weighted by molar-refractivity contribution is -0.00735. The van der Waals surface area contributed by atoms with Gasteiger partial charge in [-0.2, -0.15) is 0 Å². The molecule has 0 aliphatic carbocycles. The van der Waals surface area contributed by atoms with Gasteiger partial charge in [-0.1, -0.05) is 16.4 Å². The summed E-state index contributed by atoms with van der Waals surface area (Å²) in [6.07, 6.45) is 5.76. The molecule has 2 bridgehead atoms. The number of imidazole rings is 1. The van der Waals surface area contributed by atoms with Gasteiger partial charge in [-0.3, -0.25) is 0 Å². The minimum absolute atomic E-state index is 0.0854. The zero-order valence-corrected chi connectivity index (χ0v) is 17.0. The van der Waals surface area contributed by atoms with Crippen molar-refractivity contribution in [2.24, 2.45) is 0 Å². The Morgan fingerprint density at radius 3 is 2.93 bits per heavy atom. The maximum Gasteiger partial charge on any atom is 0.294 e. The molecule has 4 heterocycles. The van der Waals surface area contributed by atoms with Crippen LogP contribution in [0.3, 0.4) is 0 Å². The first kappa shape index (κ1) is 18.5. The Balaban J connectivity index is 1.36. The fourth-order valence-electron chi connectivity index (χ4n) is 4.54. The number of hydrogen-bond donors (Lipinski definition) is 2. The van der Waals surface area contributed by atoms with Crippen molar-refractivity contribution in [3.63, 3.8) is 0 Å². The van der Waals surface area contributed by atoms with Crippen LogP contribution in [0.25, 0.3) is 16.3 Å². The lowest BCUT2D eigenvalue weighted by Crippen LogP contribution is -2.63. The molecule has 3 aromatic rings. The van der Waals surface area contributed by atoms with Crippen LogP contribution in [-0.2, 0) is 0 Å². The number of hydrogen-bond acceptors (Lipinski definition) is 7. The predicted molar refractivity (Wildman–Crippen MR) is 107 cm³/mol. The van der Waals surface area contributed by atoms with Gasteiger partial charge in [0.2, 0.25) is 0 Å². The second kappa shape index (κ2) is 6.50. The van der Waals surface area contributed by atoms with Crippen molar-refractivity contribution in [2.45, 2.75) is 56.5 Å². The van der Waals surface area contributed by atoms with E-state index >= 15 is 4.39 Å². The zero-order chi connectivity index (χ0) is 20.2. The minimum Gasteiger partial charge on any atom is -0.507 e. The minimum atomic E-state index is -1.12. The molecule has 2 aliphatic heterocycles. The van der Waals surface area contributed by atoms with Gasteiger partial charge in [0.1, 0.15) is 11.9 Å². The van der Waals surface area contributed by atoms with E-state index in [1.807, 2.05) is 13.0 Å². The van der Waals surface area contributed by atoms with Crippen LogP contribution in [0.1, 0.15) is 33.1 Å². The number of phenolic OH excluding ortho intramolecular Hbond substituents is 1. The first-order chi connectivity index (χ1) is 13.9. The Morgan fingerprint density at radius 2 is 2.17 bits per heavy atom. The highest BCUT2D eigenvalue weighted by atomic mass is 32.1. The standard InChI is InChI=1S/C20H22FN5O2S/c1-19-5-6-20(2,25-19)16(21)15(10-19)28-18-24-23-17(29-18)13-4-3-12(9-14(13)27)26-8-7-22-11-26/h3-4,7-9,11,15-16,25,27H,5-6,10H2,1-2H3/t15-,16-,19-,20+/m0/s1. The molecule has 152 valence electrons. The number of fused-ring (bicyclic) bond motifs is 2. The predicted octanol–water partition coefficient (Wildman–Crippen LogP) is 3.49. The molecule has 29 heavy (non-hydrogen) atoms. The molecule has 5 rings (SSSR count). The highest BCUT2D eigenvalue weighted by molar-refractivity contribution is 7.16. The van der Waals surface area contributed by atoms with Gasteiger partial charge in [0.25, 0.3) is 5.19 Å². The van der Waals surface area contributed by atoms with Gasteiger partial charge in [0, 0.05) is 30.4 Å². The van der Waals surface area contributed by atoms with Gasteiger partial charge in [-0.05, 0) is 38.8 Å². The molecule has 2 aromatic heterocycles. The van der Waals surface area contributed by atoms with Gasteiger partial charge in [0.05, 0.1) is 23.1 Å². The number of ether oxygens (including phenoxy) is 1. The molecule has 2 saturated heterocycles. The van der Waals surface area contributed by atoms with Gasteiger partial charge >= 0.3 is 0 Å². The molecule has 2 N–H and O–H groups in total. The Bertz CT molecular complexity index is 1040. The first-order valence-corrected chi connectivity index (χ1v) is 10.4. The second-order valence-electron chi connectivity index (χ2n) is 8.41. The van der Waals surface area contributed by atoms with E-state index in [0.29, 0.717) is 22.2 Å². The molecule has 0 spiro atoms. The molecule has 9 heteroatoms. The van der Waals surface area contributed by atoms with Gasteiger partial charge in [-0.25, -0.2) is 9.37 Å². The second-order valence-corrected chi connectivity index (χ2v) is 9.35. The normalized spacial score (nSPS) is 31.1. The van der Waals surface area contributed by atoms with E-state index in [9.17, 15) is 5.11 Å². The molecular formula is C20H22FN5O2S. The third kappa shape index (κ3) is 3.18. The van der Waals surface area contributed by atoms with Crippen LogP contribution in [0.5, 0.6) is 10.9 Å². The molecule has 0 radical (unpaired) electrons. The number of aromatic hydroxyl groups is 1. The van der Waals surface area contributed by atoms with Crippen molar-refractivity contribution in [1.29, 1.82) is 0 Å². The Morgan fingerprint density at radius 1 is 1.31 bits per heavy atom. The number of nitrogens with zero attached hydrogens (tertiary/aromatic N) is 4. The Hall–Kier alpha value is -2.52. The summed E-state index contributed by atoms with van der Waals surface area (Å²) in [6.45, 7) is 4.04. The monoisotopic (exact) mass is 415 g/mol. The van der Waals surface area contributed by atoms with Crippen molar-refractivity contribution >= 4 is 11.3 Å². The van der Waals surface area contributed by atoms with Crippen molar-refractivity contribution in [1.82, 2.24) is 25.1 Å². The first-order valence-electron chi connectivity index (χ1n) is 9.61. The van der Waals surface area contributed by atoms with E-state index in [2.05, 4.69) is 27.4 Å². The topological polar surface area (TPSA) is 85.1 Å². The lowest BCUT2D eigenvalue weighted by Gasteiger charge is -2.43. The molecule has 0 saturated carbocycles. The highest BCUT2D eigenvalue weighted by Gasteiger charge is 2.56. The third-order valence-electron chi connectivity index (χ3n) is 6.04. The van der Waals surface area contributed by atoms with Crippen molar-refractivity contribution < 1.29 is 14.2 Å². The van der Waals surface area contributed by atoms with Crippen molar-refractivity contribution in [3.8, 4) is 27.2 Å². The average molecular weight is 415 g/mol. The maximum absolute atomic E-state index is 15.1. The van der Waals surface area contributed by atoms with Crippen LogP contribution < -0.4 is 10.1 Å². The summed E-state index contributed by atoms with van der Waals surface area (Å²) in [6, 6.07) is 5.28. The highest BCUT2D eigenvalue weighted by Crippen LogP contribution is 2.45. The summed E-state index contributed by atoms with van der Waals surface area (Å²) >= 11 is 1.21. The Kier molecular flexibility index (Phi) is 4.15.